The normalized spacial score (nSPS) is 11.5. The van der Waals surface area contributed by atoms with E-state index in [0.717, 1.165) is 11.0 Å². The Bertz CT molecular complexity index is 1010. The lowest BCUT2D eigenvalue weighted by Gasteiger charge is -2.12. The van der Waals surface area contributed by atoms with Gasteiger partial charge in [-0.3, -0.25) is 14.4 Å². The van der Waals surface area contributed by atoms with E-state index in [9.17, 15) is 14.4 Å². The fourth-order valence-corrected chi connectivity index (χ4v) is 2.76. The largest absolute Gasteiger partial charge is 0.497 e. The summed E-state index contributed by atoms with van der Waals surface area (Å²) in [5.41, 5.74) is 1.11. The summed E-state index contributed by atoms with van der Waals surface area (Å²) in [6, 6.07) is 15.4. The molecule has 0 spiro atoms. The standard InChI is InChI=1S/C22H22N2O6/c1-14(19-11-16-5-3-4-6-18(16)30-19)24-20(25)13-29-21(26)12-23-22(27)15-7-9-17(28-2)10-8-15/h3-11,14H,12-13H2,1-2H3,(H,23,27)(H,24,25)/t14-/m1/s1. The van der Waals surface area contributed by atoms with Crippen LogP contribution in [0.3, 0.4) is 0 Å². The Morgan fingerprint density at radius 1 is 1.07 bits per heavy atom. The van der Waals surface area contributed by atoms with Gasteiger partial charge in [-0.15, -0.1) is 0 Å². The Kier molecular flexibility index (Phi) is 6.69. The van der Waals surface area contributed by atoms with Gasteiger partial charge in [0.05, 0.1) is 13.2 Å². The van der Waals surface area contributed by atoms with Crippen molar-refractivity contribution in [2.45, 2.75) is 13.0 Å². The molecule has 156 valence electrons. The van der Waals surface area contributed by atoms with Crippen molar-refractivity contribution in [3.8, 4) is 5.75 Å². The molecule has 1 atom stereocenters. The number of furan rings is 1. The minimum absolute atomic E-state index is 0.350. The maximum atomic E-state index is 12.0. The van der Waals surface area contributed by atoms with E-state index in [1.807, 2.05) is 30.3 Å². The summed E-state index contributed by atoms with van der Waals surface area (Å²) < 4.78 is 15.6. The second kappa shape index (κ2) is 9.60. The summed E-state index contributed by atoms with van der Waals surface area (Å²) in [5.74, 6) is -0.407. The number of hydrogen-bond donors (Lipinski definition) is 2. The third-order valence-corrected chi connectivity index (χ3v) is 4.36. The van der Waals surface area contributed by atoms with Crippen molar-refractivity contribution in [1.82, 2.24) is 10.6 Å². The van der Waals surface area contributed by atoms with Crippen LogP contribution in [0.5, 0.6) is 5.75 Å². The minimum Gasteiger partial charge on any atom is -0.497 e. The molecule has 2 amide bonds. The van der Waals surface area contributed by atoms with Crippen molar-refractivity contribution in [3.63, 3.8) is 0 Å². The third kappa shape index (κ3) is 5.38. The van der Waals surface area contributed by atoms with E-state index in [1.54, 1.807) is 31.2 Å². The number of fused-ring (bicyclic) bond motifs is 1. The summed E-state index contributed by atoms with van der Waals surface area (Å²) in [4.78, 5) is 35.9. The van der Waals surface area contributed by atoms with Crippen molar-refractivity contribution >= 4 is 28.8 Å². The molecule has 3 rings (SSSR count). The number of methoxy groups -OCH3 is 1. The van der Waals surface area contributed by atoms with Crippen LogP contribution in [0.1, 0.15) is 29.1 Å². The molecule has 8 nitrogen and oxygen atoms in total. The number of esters is 1. The van der Waals surface area contributed by atoms with Gasteiger partial charge in [-0.05, 0) is 43.3 Å². The number of nitrogens with one attached hydrogen (secondary N) is 2. The molecule has 2 N–H and O–H groups in total. The number of rotatable bonds is 8. The van der Waals surface area contributed by atoms with Crippen molar-refractivity contribution in [2.75, 3.05) is 20.3 Å². The molecule has 0 saturated heterocycles. The van der Waals surface area contributed by atoms with Gasteiger partial charge in [-0.25, -0.2) is 0 Å². The first kappa shape index (κ1) is 20.9. The van der Waals surface area contributed by atoms with Gasteiger partial charge in [0.15, 0.2) is 6.61 Å². The maximum absolute atomic E-state index is 12.0. The van der Waals surface area contributed by atoms with E-state index >= 15 is 0 Å². The van der Waals surface area contributed by atoms with Gasteiger partial charge in [-0.2, -0.15) is 0 Å². The second-order valence-electron chi connectivity index (χ2n) is 6.55. The first-order valence-corrected chi connectivity index (χ1v) is 9.32. The highest BCUT2D eigenvalue weighted by atomic mass is 16.5. The SMILES string of the molecule is COc1ccc(C(=O)NCC(=O)OCC(=O)N[C@H](C)c2cc3ccccc3o2)cc1. The molecule has 8 heteroatoms. The summed E-state index contributed by atoms with van der Waals surface area (Å²) >= 11 is 0. The zero-order valence-corrected chi connectivity index (χ0v) is 16.6. The van der Waals surface area contributed by atoms with Crippen LogP contribution < -0.4 is 15.4 Å². The quantitative estimate of drug-likeness (QED) is 0.553. The number of hydrogen-bond acceptors (Lipinski definition) is 6. The van der Waals surface area contributed by atoms with Gasteiger partial charge in [0.2, 0.25) is 0 Å². The van der Waals surface area contributed by atoms with Crippen LogP contribution in [0, 0.1) is 0 Å². The molecule has 1 heterocycles. The molecular weight excluding hydrogens is 388 g/mol. The number of para-hydroxylation sites is 1. The predicted octanol–water partition coefficient (Wildman–Crippen LogP) is 2.59. The molecule has 0 aliphatic heterocycles. The molecule has 0 aliphatic rings. The number of amides is 2. The van der Waals surface area contributed by atoms with Gasteiger partial charge in [0, 0.05) is 10.9 Å². The fraction of sp³-hybridized carbons (Fsp3) is 0.227. The second-order valence-corrected chi connectivity index (χ2v) is 6.55. The summed E-state index contributed by atoms with van der Waals surface area (Å²) in [5, 5.41) is 6.08. The van der Waals surface area contributed by atoms with E-state index < -0.39 is 30.4 Å². The molecule has 1 aromatic heterocycles. The van der Waals surface area contributed by atoms with E-state index in [1.165, 1.54) is 7.11 Å². The fourth-order valence-electron chi connectivity index (χ4n) is 2.76. The van der Waals surface area contributed by atoms with Gasteiger partial charge >= 0.3 is 5.97 Å². The van der Waals surface area contributed by atoms with Crippen molar-refractivity contribution < 1.29 is 28.3 Å². The van der Waals surface area contributed by atoms with Gasteiger partial charge in [0.25, 0.3) is 11.8 Å². The van der Waals surface area contributed by atoms with E-state index in [2.05, 4.69) is 10.6 Å². The molecule has 0 aliphatic carbocycles. The number of ether oxygens (including phenoxy) is 2. The van der Waals surface area contributed by atoms with Crippen LogP contribution >= 0.6 is 0 Å². The highest BCUT2D eigenvalue weighted by Gasteiger charge is 2.16. The van der Waals surface area contributed by atoms with Crippen molar-refractivity contribution in [2.24, 2.45) is 0 Å². The van der Waals surface area contributed by atoms with E-state index in [0.29, 0.717) is 17.1 Å². The van der Waals surface area contributed by atoms with Crippen LogP contribution in [0.4, 0.5) is 0 Å². The lowest BCUT2D eigenvalue weighted by atomic mass is 10.2. The predicted molar refractivity (Wildman–Crippen MR) is 109 cm³/mol. The molecule has 0 saturated carbocycles. The Morgan fingerprint density at radius 3 is 2.50 bits per heavy atom. The van der Waals surface area contributed by atoms with Crippen LogP contribution in [0.25, 0.3) is 11.0 Å². The van der Waals surface area contributed by atoms with Crippen LogP contribution in [-0.4, -0.2) is 38.0 Å². The zero-order valence-electron chi connectivity index (χ0n) is 16.6. The monoisotopic (exact) mass is 410 g/mol. The Balaban J connectivity index is 1.41. The molecule has 0 unspecified atom stereocenters. The number of carbonyl (C=O) groups is 3. The number of carbonyl (C=O) groups excluding carboxylic acids is 3. The average Bonchev–Trinajstić information content (AvgIpc) is 3.20. The lowest BCUT2D eigenvalue weighted by molar-refractivity contribution is -0.147. The molecule has 3 aromatic rings. The highest BCUT2D eigenvalue weighted by Crippen LogP contribution is 2.23. The Morgan fingerprint density at radius 2 is 1.80 bits per heavy atom. The molecule has 30 heavy (non-hydrogen) atoms. The maximum Gasteiger partial charge on any atom is 0.325 e. The topological polar surface area (TPSA) is 107 Å². The summed E-state index contributed by atoms with van der Waals surface area (Å²) in [6.45, 7) is 0.964. The first-order valence-electron chi connectivity index (χ1n) is 9.32. The summed E-state index contributed by atoms with van der Waals surface area (Å²) in [6.07, 6.45) is 0. The van der Waals surface area contributed by atoms with Crippen LogP contribution in [0.2, 0.25) is 0 Å². The lowest BCUT2D eigenvalue weighted by Crippen LogP contribution is -2.34. The third-order valence-electron chi connectivity index (χ3n) is 4.36. The summed E-state index contributed by atoms with van der Waals surface area (Å²) in [7, 11) is 1.53. The van der Waals surface area contributed by atoms with Crippen molar-refractivity contribution in [3.05, 3.63) is 65.9 Å². The Hall–Kier alpha value is -3.81. The van der Waals surface area contributed by atoms with Gasteiger partial charge in [-0.1, -0.05) is 18.2 Å². The Labute approximate surface area is 173 Å². The molecule has 0 fully saturated rings. The molecule has 0 radical (unpaired) electrons. The average molecular weight is 410 g/mol. The van der Waals surface area contributed by atoms with Crippen LogP contribution in [0.15, 0.2) is 59.0 Å². The van der Waals surface area contributed by atoms with Gasteiger partial charge < -0.3 is 24.5 Å². The zero-order chi connectivity index (χ0) is 21.5. The van der Waals surface area contributed by atoms with Gasteiger partial charge in [0.1, 0.15) is 23.6 Å². The minimum atomic E-state index is -0.719. The van der Waals surface area contributed by atoms with Crippen molar-refractivity contribution in [1.29, 1.82) is 0 Å². The number of benzene rings is 2. The highest BCUT2D eigenvalue weighted by molar-refractivity contribution is 5.96. The first-order chi connectivity index (χ1) is 14.5. The molecule has 0 bridgehead atoms. The van der Waals surface area contributed by atoms with Crippen LogP contribution in [-0.2, 0) is 14.3 Å². The van der Waals surface area contributed by atoms with E-state index in [4.69, 9.17) is 13.9 Å². The molecular formula is C22H22N2O6. The smallest absolute Gasteiger partial charge is 0.325 e. The molecule has 2 aromatic carbocycles. The van der Waals surface area contributed by atoms with E-state index in [-0.39, 0.29) is 6.54 Å².